The lowest BCUT2D eigenvalue weighted by molar-refractivity contribution is -0.825. The van der Waals surface area contributed by atoms with Gasteiger partial charge in [0.15, 0.2) is 0 Å². The molecule has 2 heterocycles. The number of nitro groups is 1. The quantitative estimate of drug-likeness (QED) is 0.174. The maximum atomic E-state index is 11.2. The second kappa shape index (κ2) is 3.87. The largest absolute Gasteiger partial charge is 0.500 e. The molecular weight excluding hydrogens is 256 g/mol. The Morgan fingerprint density at radius 2 is 2.00 bits per heavy atom. The number of hydrogen-bond donors (Lipinski definition) is 0. The minimum Gasteiger partial charge on any atom is -0.359 e. The van der Waals surface area contributed by atoms with Crippen LogP contribution in [0.1, 0.15) is 0 Å². The lowest BCUT2D eigenvalue weighted by Gasteiger charge is -1.88. The molecule has 14 heteroatoms. The van der Waals surface area contributed by atoms with Crippen molar-refractivity contribution in [2.24, 2.45) is 5.11 Å². The van der Waals surface area contributed by atoms with Crippen LogP contribution in [-0.2, 0) is 0 Å². The molecule has 14 nitrogen and oxygen atoms in total. The molecular formula is C4N8O6. The van der Waals surface area contributed by atoms with E-state index < -0.39 is 32.8 Å². The Balaban J connectivity index is 2.73. The van der Waals surface area contributed by atoms with E-state index in [0.717, 1.165) is 0 Å². The van der Waals surface area contributed by atoms with Crippen molar-refractivity contribution in [2.75, 3.05) is 0 Å². The zero-order valence-electron chi connectivity index (χ0n) is 8.03. The molecule has 18 heavy (non-hydrogen) atoms. The zero-order valence-corrected chi connectivity index (χ0v) is 8.03. The van der Waals surface area contributed by atoms with Gasteiger partial charge in [0.25, 0.3) is 0 Å². The molecule has 0 radical (unpaired) electrons. The summed E-state index contributed by atoms with van der Waals surface area (Å²) in [6, 6.07) is 0. The van der Waals surface area contributed by atoms with Crippen molar-refractivity contribution in [3.63, 3.8) is 0 Å². The molecule has 2 rings (SSSR count). The third-order valence-corrected chi connectivity index (χ3v) is 1.72. The fourth-order valence-electron chi connectivity index (χ4n) is 1.09. The Labute approximate surface area is 94.5 Å². The van der Waals surface area contributed by atoms with Gasteiger partial charge in [-0.05, 0) is 15.5 Å². The van der Waals surface area contributed by atoms with Crippen LogP contribution in [0.25, 0.3) is 21.8 Å². The highest BCUT2D eigenvalue weighted by Crippen LogP contribution is 2.28. The number of rotatable bonds is 3. The van der Waals surface area contributed by atoms with E-state index in [4.69, 9.17) is 5.53 Å². The normalized spacial score (nSPS) is 10.0. The molecule has 2 aromatic rings. The summed E-state index contributed by atoms with van der Waals surface area (Å²) >= 11 is 0. The summed E-state index contributed by atoms with van der Waals surface area (Å²) < 4.78 is 8.06. The van der Waals surface area contributed by atoms with E-state index in [9.17, 15) is 20.5 Å². The summed E-state index contributed by atoms with van der Waals surface area (Å²) in [7, 11) is 0. The molecule has 92 valence electrons. The van der Waals surface area contributed by atoms with Crippen molar-refractivity contribution in [1.29, 1.82) is 0 Å². The van der Waals surface area contributed by atoms with Crippen LogP contribution >= 0.6 is 0 Å². The summed E-state index contributed by atoms with van der Waals surface area (Å²) in [6.45, 7) is 0. The van der Waals surface area contributed by atoms with E-state index in [0.29, 0.717) is 0 Å². The standard InChI is InChI=1S/C4N8O6/c5-9-6-3-2(11(15)18-8-3)1-4(10(13)14)12(16)17-7-1. The van der Waals surface area contributed by atoms with Gasteiger partial charge < -0.3 is 20.5 Å². The molecule has 0 aromatic carbocycles. The van der Waals surface area contributed by atoms with Crippen LogP contribution in [0, 0.1) is 20.5 Å². The van der Waals surface area contributed by atoms with Gasteiger partial charge in [-0.1, -0.05) is 0 Å². The molecule has 0 fully saturated rings. The third-order valence-electron chi connectivity index (χ3n) is 1.72. The zero-order chi connectivity index (χ0) is 13.3. The molecule has 0 aliphatic rings. The fourth-order valence-corrected chi connectivity index (χ4v) is 1.09. The molecule has 0 unspecified atom stereocenters. The summed E-state index contributed by atoms with van der Waals surface area (Å²) in [5.41, 5.74) is 6.72. The Bertz CT molecular complexity index is 665. The second-order valence-electron chi connectivity index (χ2n) is 2.65. The summed E-state index contributed by atoms with van der Waals surface area (Å²) in [4.78, 5) is 11.0. The minimum absolute atomic E-state index is 0.311. The molecule has 0 atom stereocenters. The predicted molar refractivity (Wildman–Crippen MR) is 45.4 cm³/mol. The average molecular weight is 256 g/mol. The maximum absolute atomic E-state index is 11.2. The Morgan fingerprint density at radius 1 is 1.33 bits per heavy atom. The van der Waals surface area contributed by atoms with Crippen LogP contribution < -0.4 is 9.81 Å². The smallest absolute Gasteiger partial charge is 0.359 e. The van der Waals surface area contributed by atoms with Crippen LogP contribution in [-0.4, -0.2) is 15.2 Å². The van der Waals surface area contributed by atoms with Crippen molar-refractivity contribution >= 4 is 11.6 Å². The van der Waals surface area contributed by atoms with Gasteiger partial charge in [-0.25, -0.2) is 0 Å². The fraction of sp³-hybridized carbons (Fsp3) is 0. The van der Waals surface area contributed by atoms with Crippen molar-refractivity contribution < 1.29 is 24.0 Å². The first-order valence-corrected chi connectivity index (χ1v) is 3.95. The molecule has 0 saturated carbocycles. The van der Waals surface area contributed by atoms with Crippen molar-refractivity contribution in [3.8, 4) is 11.4 Å². The van der Waals surface area contributed by atoms with E-state index in [1.165, 1.54) is 0 Å². The van der Waals surface area contributed by atoms with Gasteiger partial charge in [0.1, 0.15) is 5.16 Å². The van der Waals surface area contributed by atoms with E-state index >= 15 is 0 Å². The maximum Gasteiger partial charge on any atom is 0.500 e. The molecule has 0 spiro atoms. The molecule has 0 saturated heterocycles. The SMILES string of the molecule is [N-]=[N+]=Nc1no[n+]([O-])c1-c1no[n+]([O-])c1[N+](=O)[O-]. The lowest BCUT2D eigenvalue weighted by Crippen LogP contribution is -2.28. The van der Waals surface area contributed by atoms with Crippen molar-refractivity contribution in [2.45, 2.75) is 0 Å². The summed E-state index contributed by atoms with van der Waals surface area (Å²) in [5, 5.41) is 41.7. The van der Waals surface area contributed by atoms with Crippen molar-refractivity contribution in [3.05, 3.63) is 31.0 Å². The highest BCUT2D eigenvalue weighted by Gasteiger charge is 2.41. The lowest BCUT2D eigenvalue weighted by atomic mass is 10.3. The molecule has 0 amide bonds. The Hall–Kier alpha value is -3.41. The van der Waals surface area contributed by atoms with Gasteiger partial charge in [-0.15, -0.1) is 0 Å². The van der Waals surface area contributed by atoms with E-state index in [-0.39, 0.29) is 4.90 Å². The van der Waals surface area contributed by atoms with Crippen molar-refractivity contribution in [1.82, 2.24) is 10.3 Å². The van der Waals surface area contributed by atoms with Gasteiger partial charge in [0.2, 0.25) is 0 Å². The molecule has 0 aliphatic heterocycles. The van der Waals surface area contributed by atoms with Crippen LogP contribution in [0.15, 0.2) is 14.4 Å². The van der Waals surface area contributed by atoms with E-state index in [1.807, 2.05) is 0 Å². The minimum atomic E-state index is -1.17. The molecule has 0 aliphatic carbocycles. The molecule has 0 bridgehead atoms. The van der Waals surface area contributed by atoms with Crippen LogP contribution in [0.5, 0.6) is 0 Å². The predicted octanol–water partition coefficient (Wildman–Crippen LogP) is -0.554. The highest BCUT2D eigenvalue weighted by molar-refractivity contribution is 5.66. The van der Waals surface area contributed by atoms with Crippen LogP contribution in [0.4, 0.5) is 11.6 Å². The van der Waals surface area contributed by atoms with Crippen LogP contribution in [0.2, 0.25) is 0 Å². The first kappa shape index (κ1) is 11.1. The summed E-state index contributed by atoms with van der Waals surface area (Å²) in [6.07, 6.45) is 0. The van der Waals surface area contributed by atoms with E-state index in [2.05, 4.69) is 29.6 Å². The topological polar surface area (TPSA) is 198 Å². The number of azide groups is 1. The number of aromatic nitrogens is 4. The van der Waals surface area contributed by atoms with Gasteiger partial charge in [-0.3, -0.25) is 4.63 Å². The Morgan fingerprint density at radius 3 is 2.61 bits per heavy atom. The van der Waals surface area contributed by atoms with Gasteiger partial charge in [0.05, 0.1) is 4.90 Å². The highest BCUT2D eigenvalue weighted by atomic mass is 16.8. The first-order chi connectivity index (χ1) is 8.56. The molecule has 2 aromatic heterocycles. The average Bonchev–Trinajstić information content (AvgIpc) is 2.83. The van der Waals surface area contributed by atoms with E-state index in [1.54, 1.807) is 0 Å². The number of nitrogens with zero attached hydrogens (tertiary/aromatic N) is 8. The monoisotopic (exact) mass is 256 g/mol. The molecule has 0 N–H and O–H groups in total. The van der Waals surface area contributed by atoms with Crippen LogP contribution in [0.3, 0.4) is 0 Å². The first-order valence-electron chi connectivity index (χ1n) is 3.95. The van der Waals surface area contributed by atoms with Gasteiger partial charge in [-0.2, -0.15) is 4.63 Å². The Kier molecular flexibility index (Phi) is 2.38. The third kappa shape index (κ3) is 1.50. The van der Waals surface area contributed by atoms with Gasteiger partial charge in [0, 0.05) is 15.0 Å². The summed E-state index contributed by atoms with van der Waals surface area (Å²) in [5.74, 6) is -1.79. The van der Waals surface area contributed by atoms with Gasteiger partial charge >= 0.3 is 23.0 Å². The number of hydrogen-bond acceptors (Lipinski definition) is 9. The second-order valence-corrected chi connectivity index (χ2v) is 2.65.